The molecule has 2 aromatic carbocycles. The van der Waals surface area contributed by atoms with Gasteiger partial charge in [-0.25, -0.2) is 0 Å². The van der Waals surface area contributed by atoms with Crippen molar-refractivity contribution in [2.24, 2.45) is 0 Å². The maximum atomic E-state index is 12.2. The van der Waals surface area contributed by atoms with Crippen molar-refractivity contribution >= 4 is 23.4 Å². The number of para-hydroxylation sites is 1. The average Bonchev–Trinajstić information content (AvgIpc) is 3.15. The lowest BCUT2D eigenvalue weighted by atomic mass is 10.1. The molecule has 8 heteroatoms. The van der Waals surface area contributed by atoms with Gasteiger partial charge in [-0.15, -0.1) is 5.10 Å². The molecule has 1 heterocycles. The maximum absolute atomic E-state index is 12.2. The average molecular weight is 369 g/mol. The van der Waals surface area contributed by atoms with E-state index in [1.807, 2.05) is 42.5 Å². The number of nitrogens with one attached hydrogen (secondary N) is 1. The van der Waals surface area contributed by atoms with Gasteiger partial charge in [0.05, 0.1) is 18.6 Å². The number of anilines is 1. The van der Waals surface area contributed by atoms with Gasteiger partial charge in [-0.05, 0) is 40.6 Å². The smallest absolute Gasteiger partial charge is 0.234 e. The van der Waals surface area contributed by atoms with Crippen LogP contribution in [0.1, 0.15) is 12.5 Å². The van der Waals surface area contributed by atoms with Crippen LogP contribution in [0.15, 0.2) is 53.7 Å². The number of rotatable bonds is 7. The van der Waals surface area contributed by atoms with Gasteiger partial charge >= 0.3 is 0 Å². The first-order chi connectivity index (χ1) is 12.7. The quantitative estimate of drug-likeness (QED) is 0.645. The fourth-order valence-corrected chi connectivity index (χ4v) is 3.15. The first kappa shape index (κ1) is 17.9. The number of thioether (sulfide) groups is 1. The monoisotopic (exact) mass is 369 g/mol. The van der Waals surface area contributed by atoms with Crippen molar-refractivity contribution in [3.8, 4) is 11.4 Å². The third-order valence-corrected chi connectivity index (χ3v) is 4.65. The largest absolute Gasteiger partial charge is 0.497 e. The molecule has 1 amide bonds. The number of aromatic nitrogens is 4. The minimum Gasteiger partial charge on any atom is -0.497 e. The van der Waals surface area contributed by atoms with Gasteiger partial charge in [-0.2, -0.15) is 4.68 Å². The first-order valence-corrected chi connectivity index (χ1v) is 9.13. The number of benzene rings is 2. The van der Waals surface area contributed by atoms with Crippen molar-refractivity contribution in [2.45, 2.75) is 18.5 Å². The molecule has 0 aliphatic carbocycles. The van der Waals surface area contributed by atoms with E-state index in [4.69, 9.17) is 4.74 Å². The van der Waals surface area contributed by atoms with Gasteiger partial charge in [0.2, 0.25) is 11.1 Å². The number of ether oxygens (including phenoxy) is 1. The molecule has 1 N–H and O–H groups in total. The highest BCUT2D eigenvalue weighted by Gasteiger charge is 2.13. The summed E-state index contributed by atoms with van der Waals surface area (Å²) >= 11 is 1.29. The number of hydrogen-bond acceptors (Lipinski definition) is 6. The minimum atomic E-state index is -0.137. The van der Waals surface area contributed by atoms with E-state index >= 15 is 0 Å². The minimum absolute atomic E-state index is 0.137. The van der Waals surface area contributed by atoms with Crippen LogP contribution in [0.5, 0.6) is 5.75 Å². The van der Waals surface area contributed by atoms with Gasteiger partial charge < -0.3 is 10.1 Å². The summed E-state index contributed by atoms with van der Waals surface area (Å²) in [6.45, 7) is 2.08. The molecule has 0 aliphatic heterocycles. The summed E-state index contributed by atoms with van der Waals surface area (Å²) in [6, 6.07) is 15.2. The Morgan fingerprint density at radius 3 is 2.88 bits per heavy atom. The van der Waals surface area contributed by atoms with E-state index in [2.05, 4.69) is 27.8 Å². The van der Waals surface area contributed by atoms with E-state index in [0.717, 1.165) is 17.7 Å². The van der Waals surface area contributed by atoms with E-state index in [-0.39, 0.29) is 11.7 Å². The lowest BCUT2D eigenvalue weighted by molar-refractivity contribution is -0.113. The van der Waals surface area contributed by atoms with Crippen LogP contribution < -0.4 is 10.1 Å². The van der Waals surface area contributed by atoms with Crippen molar-refractivity contribution in [3.05, 3.63) is 54.1 Å². The zero-order valence-corrected chi connectivity index (χ0v) is 15.4. The molecular weight excluding hydrogens is 350 g/mol. The number of carbonyl (C=O) groups excluding carboxylic acids is 1. The summed E-state index contributed by atoms with van der Waals surface area (Å²) in [5.74, 6) is 0.753. The normalized spacial score (nSPS) is 10.5. The molecule has 26 heavy (non-hydrogen) atoms. The van der Waals surface area contributed by atoms with E-state index in [0.29, 0.717) is 16.6 Å². The first-order valence-electron chi connectivity index (χ1n) is 8.14. The van der Waals surface area contributed by atoms with Crippen LogP contribution in [-0.2, 0) is 11.2 Å². The number of aryl methyl sites for hydroxylation is 1. The van der Waals surface area contributed by atoms with Gasteiger partial charge in [0, 0.05) is 11.8 Å². The number of amides is 1. The Morgan fingerprint density at radius 2 is 2.08 bits per heavy atom. The Hall–Kier alpha value is -2.87. The third-order valence-electron chi connectivity index (χ3n) is 3.73. The van der Waals surface area contributed by atoms with E-state index in [1.54, 1.807) is 17.9 Å². The molecule has 0 radical (unpaired) electrons. The Bertz CT molecular complexity index is 897. The molecule has 0 atom stereocenters. The molecule has 0 fully saturated rings. The maximum Gasteiger partial charge on any atom is 0.234 e. The lowest BCUT2D eigenvalue weighted by Gasteiger charge is -2.09. The molecule has 7 nitrogen and oxygen atoms in total. The van der Waals surface area contributed by atoms with Crippen LogP contribution in [-0.4, -0.2) is 39.0 Å². The summed E-state index contributed by atoms with van der Waals surface area (Å²) in [5, 5.41) is 15.3. The number of methoxy groups -OCH3 is 1. The predicted octanol–water partition coefficient (Wildman–Crippen LogP) is 2.96. The van der Waals surface area contributed by atoms with Crippen molar-refractivity contribution < 1.29 is 9.53 Å². The van der Waals surface area contributed by atoms with Gasteiger partial charge in [-0.1, -0.05) is 43.0 Å². The fourth-order valence-electron chi connectivity index (χ4n) is 2.46. The van der Waals surface area contributed by atoms with Gasteiger partial charge in [0.1, 0.15) is 5.75 Å². The highest BCUT2D eigenvalue weighted by molar-refractivity contribution is 7.99. The summed E-state index contributed by atoms with van der Waals surface area (Å²) in [5.41, 5.74) is 2.75. The fraction of sp³-hybridized carbons (Fsp3) is 0.222. The number of tetrazole rings is 1. The predicted molar refractivity (Wildman–Crippen MR) is 101 cm³/mol. The standard InChI is InChI=1S/C18H19N5O2S/c1-3-13-7-4-5-10-16(13)23-18(20-21-22-23)26-12-17(24)19-14-8-6-9-15(11-14)25-2/h4-11H,3,12H2,1-2H3,(H,19,24). The van der Waals surface area contributed by atoms with Gasteiger partial charge in [0.15, 0.2) is 0 Å². The molecule has 0 bridgehead atoms. The molecule has 3 aromatic rings. The van der Waals surface area contributed by atoms with Crippen molar-refractivity contribution in [1.29, 1.82) is 0 Å². The lowest BCUT2D eigenvalue weighted by Crippen LogP contribution is -2.14. The van der Waals surface area contributed by atoms with Gasteiger partial charge in [-0.3, -0.25) is 4.79 Å². The molecule has 0 aliphatic rings. The number of carbonyl (C=O) groups is 1. The second-order valence-corrected chi connectivity index (χ2v) is 6.37. The molecule has 0 unspecified atom stereocenters. The van der Waals surface area contributed by atoms with Crippen LogP contribution in [0, 0.1) is 0 Å². The van der Waals surface area contributed by atoms with Gasteiger partial charge in [0.25, 0.3) is 0 Å². The SMILES string of the molecule is CCc1ccccc1-n1nnnc1SCC(=O)Nc1cccc(OC)c1. The molecule has 134 valence electrons. The Kier molecular flexibility index (Phi) is 5.85. The zero-order valence-electron chi connectivity index (χ0n) is 14.5. The van der Waals surface area contributed by atoms with E-state index in [9.17, 15) is 4.79 Å². The second kappa shape index (κ2) is 8.48. The van der Waals surface area contributed by atoms with Crippen LogP contribution in [0.2, 0.25) is 0 Å². The number of nitrogens with zero attached hydrogens (tertiary/aromatic N) is 4. The van der Waals surface area contributed by atoms with Crippen LogP contribution in [0.3, 0.4) is 0 Å². The van der Waals surface area contributed by atoms with E-state index in [1.165, 1.54) is 11.8 Å². The summed E-state index contributed by atoms with van der Waals surface area (Å²) in [7, 11) is 1.59. The molecule has 0 saturated heterocycles. The summed E-state index contributed by atoms with van der Waals surface area (Å²) in [4.78, 5) is 12.2. The van der Waals surface area contributed by atoms with Crippen LogP contribution in [0.4, 0.5) is 5.69 Å². The van der Waals surface area contributed by atoms with Crippen LogP contribution in [0.25, 0.3) is 5.69 Å². The highest BCUT2D eigenvalue weighted by Crippen LogP contribution is 2.22. The Labute approximate surface area is 155 Å². The van der Waals surface area contributed by atoms with Crippen molar-refractivity contribution in [1.82, 2.24) is 20.2 Å². The zero-order chi connectivity index (χ0) is 18.4. The summed E-state index contributed by atoms with van der Waals surface area (Å²) in [6.07, 6.45) is 0.871. The summed E-state index contributed by atoms with van der Waals surface area (Å²) < 4.78 is 6.82. The van der Waals surface area contributed by atoms with Crippen LogP contribution >= 0.6 is 11.8 Å². The molecule has 0 spiro atoms. The molecule has 3 rings (SSSR count). The molecule has 1 aromatic heterocycles. The topological polar surface area (TPSA) is 81.9 Å². The number of hydrogen-bond donors (Lipinski definition) is 1. The van der Waals surface area contributed by atoms with E-state index < -0.39 is 0 Å². The second-order valence-electron chi connectivity index (χ2n) is 5.42. The van der Waals surface area contributed by atoms with Crippen molar-refractivity contribution in [2.75, 3.05) is 18.2 Å². The molecule has 0 saturated carbocycles. The Morgan fingerprint density at radius 1 is 1.23 bits per heavy atom. The highest BCUT2D eigenvalue weighted by atomic mass is 32.2. The molecular formula is C18H19N5O2S. The third kappa shape index (κ3) is 4.20. The van der Waals surface area contributed by atoms with Crippen molar-refractivity contribution in [3.63, 3.8) is 0 Å². The Balaban J connectivity index is 1.67.